The van der Waals surface area contributed by atoms with Crippen LogP contribution in [0.5, 0.6) is 0 Å². The Hall–Kier alpha value is -0.880. The van der Waals surface area contributed by atoms with Crippen LogP contribution in [-0.2, 0) is 0 Å². The number of benzene rings is 1. The molecule has 0 radical (unpaired) electrons. The second kappa shape index (κ2) is 6.32. The Balaban J connectivity index is 1.52. The number of β-amino-alcohol motifs (C(OH)–C–C–N with tert-alkyl or cyclic N) is 1. The highest BCUT2D eigenvalue weighted by Crippen LogP contribution is 2.38. The van der Waals surface area contributed by atoms with E-state index >= 15 is 0 Å². The summed E-state index contributed by atoms with van der Waals surface area (Å²) in [6, 6.07) is 4.53. The molecule has 22 heavy (non-hydrogen) atoms. The van der Waals surface area contributed by atoms with E-state index in [9.17, 15) is 9.50 Å². The van der Waals surface area contributed by atoms with E-state index < -0.39 is 5.60 Å². The van der Waals surface area contributed by atoms with Gasteiger partial charge in [-0.1, -0.05) is 11.6 Å². The van der Waals surface area contributed by atoms with Gasteiger partial charge >= 0.3 is 0 Å². The van der Waals surface area contributed by atoms with Crippen LogP contribution in [0.3, 0.4) is 0 Å². The summed E-state index contributed by atoms with van der Waals surface area (Å²) in [7, 11) is 0. The van der Waals surface area contributed by atoms with E-state index in [4.69, 9.17) is 17.3 Å². The van der Waals surface area contributed by atoms with Crippen LogP contribution in [0.15, 0.2) is 18.2 Å². The smallest absolute Gasteiger partial charge is 0.124 e. The molecular weight excluding hydrogens is 305 g/mol. The molecule has 122 valence electrons. The van der Waals surface area contributed by atoms with Crippen molar-refractivity contribution in [2.24, 2.45) is 11.7 Å². The highest BCUT2D eigenvalue weighted by molar-refractivity contribution is 6.33. The van der Waals surface area contributed by atoms with E-state index in [2.05, 4.69) is 9.80 Å². The van der Waals surface area contributed by atoms with E-state index in [1.165, 1.54) is 12.1 Å². The van der Waals surface area contributed by atoms with Crippen LogP contribution in [0.4, 0.5) is 10.1 Å². The first-order valence-electron chi connectivity index (χ1n) is 7.84. The highest BCUT2D eigenvalue weighted by Gasteiger charge is 2.43. The number of nitrogens with zero attached hydrogens (tertiary/aromatic N) is 2. The second-order valence-electron chi connectivity index (χ2n) is 6.59. The van der Waals surface area contributed by atoms with Crippen molar-refractivity contribution in [2.45, 2.75) is 18.4 Å². The van der Waals surface area contributed by atoms with Gasteiger partial charge in [-0.15, -0.1) is 0 Å². The maximum atomic E-state index is 13.1. The maximum absolute atomic E-state index is 13.1. The van der Waals surface area contributed by atoms with Gasteiger partial charge in [0.15, 0.2) is 0 Å². The van der Waals surface area contributed by atoms with E-state index in [1.807, 2.05) is 0 Å². The van der Waals surface area contributed by atoms with E-state index in [0.717, 1.165) is 44.7 Å². The van der Waals surface area contributed by atoms with Crippen molar-refractivity contribution in [3.63, 3.8) is 0 Å². The fraction of sp³-hybridized carbons (Fsp3) is 0.625. The van der Waals surface area contributed by atoms with Crippen molar-refractivity contribution in [1.29, 1.82) is 0 Å². The molecule has 0 aromatic heterocycles. The Morgan fingerprint density at radius 3 is 2.55 bits per heavy atom. The molecule has 3 rings (SSSR count). The molecule has 4 nitrogen and oxygen atoms in total. The minimum Gasteiger partial charge on any atom is -0.389 e. The summed E-state index contributed by atoms with van der Waals surface area (Å²) in [5.74, 6) is 0.165. The Bertz CT molecular complexity index is 528. The minimum absolute atomic E-state index is 0.311. The molecule has 1 aromatic rings. The second-order valence-corrected chi connectivity index (χ2v) is 7.00. The predicted molar refractivity (Wildman–Crippen MR) is 86.8 cm³/mol. The summed E-state index contributed by atoms with van der Waals surface area (Å²) in [5.41, 5.74) is 5.95. The molecule has 1 saturated heterocycles. The average Bonchev–Trinajstić information content (AvgIpc) is 2.45. The van der Waals surface area contributed by atoms with Gasteiger partial charge in [0.2, 0.25) is 0 Å². The zero-order chi connectivity index (χ0) is 15.7. The molecule has 1 aromatic carbocycles. The van der Waals surface area contributed by atoms with Crippen molar-refractivity contribution < 1.29 is 9.50 Å². The van der Waals surface area contributed by atoms with Crippen LogP contribution >= 0.6 is 11.6 Å². The number of nitrogens with two attached hydrogens (primary N) is 1. The molecule has 0 amide bonds. The molecule has 2 aliphatic rings. The van der Waals surface area contributed by atoms with E-state index in [0.29, 0.717) is 24.0 Å². The summed E-state index contributed by atoms with van der Waals surface area (Å²) < 4.78 is 13.1. The van der Waals surface area contributed by atoms with Crippen LogP contribution < -0.4 is 10.6 Å². The summed E-state index contributed by atoms with van der Waals surface area (Å²) >= 11 is 6.12. The third kappa shape index (κ3) is 3.38. The molecule has 0 spiro atoms. The number of piperazine rings is 1. The molecule has 2 fully saturated rings. The summed E-state index contributed by atoms with van der Waals surface area (Å²) in [5, 5.41) is 10.9. The lowest BCUT2D eigenvalue weighted by atomic mass is 9.70. The molecule has 3 N–H and O–H groups in total. The van der Waals surface area contributed by atoms with Gasteiger partial charge in [0.25, 0.3) is 0 Å². The van der Waals surface area contributed by atoms with Crippen LogP contribution in [0.25, 0.3) is 0 Å². The van der Waals surface area contributed by atoms with Gasteiger partial charge in [-0.2, -0.15) is 0 Å². The van der Waals surface area contributed by atoms with Gasteiger partial charge < -0.3 is 15.7 Å². The lowest BCUT2D eigenvalue weighted by molar-refractivity contribution is -0.0911. The maximum Gasteiger partial charge on any atom is 0.124 e. The molecule has 1 saturated carbocycles. The topological polar surface area (TPSA) is 52.7 Å². The molecule has 0 atom stereocenters. The van der Waals surface area contributed by atoms with Gasteiger partial charge in [-0.05, 0) is 43.5 Å². The van der Waals surface area contributed by atoms with Crippen LogP contribution in [-0.4, -0.2) is 54.9 Å². The fourth-order valence-electron chi connectivity index (χ4n) is 3.61. The van der Waals surface area contributed by atoms with Gasteiger partial charge in [-0.25, -0.2) is 4.39 Å². The van der Waals surface area contributed by atoms with Gasteiger partial charge in [0, 0.05) is 32.7 Å². The molecule has 1 heterocycles. The number of hydrogen-bond acceptors (Lipinski definition) is 4. The van der Waals surface area contributed by atoms with Crippen molar-refractivity contribution in [3.8, 4) is 0 Å². The van der Waals surface area contributed by atoms with Crippen molar-refractivity contribution in [3.05, 3.63) is 29.0 Å². The molecule has 0 bridgehead atoms. The molecule has 1 aliphatic carbocycles. The Morgan fingerprint density at radius 1 is 1.27 bits per heavy atom. The largest absolute Gasteiger partial charge is 0.389 e. The summed E-state index contributed by atoms with van der Waals surface area (Å²) in [6.45, 7) is 4.81. The first kappa shape index (κ1) is 16.0. The molecule has 1 aliphatic heterocycles. The monoisotopic (exact) mass is 327 g/mol. The lowest BCUT2D eigenvalue weighted by Crippen LogP contribution is -2.57. The molecule has 0 unspecified atom stereocenters. The number of anilines is 1. The SMILES string of the molecule is NCC1CC(O)(CN2CCN(c3ccc(F)cc3Cl)CC2)C1. The number of aliphatic hydroxyl groups is 1. The van der Waals surface area contributed by atoms with Crippen LogP contribution in [0.2, 0.25) is 5.02 Å². The molecule has 6 heteroatoms. The van der Waals surface area contributed by atoms with Gasteiger partial charge in [-0.3, -0.25) is 4.90 Å². The highest BCUT2D eigenvalue weighted by atomic mass is 35.5. The van der Waals surface area contributed by atoms with Crippen molar-refractivity contribution in [2.75, 3.05) is 44.2 Å². The first-order chi connectivity index (χ1) is 10.5. The third-order valence-corrected chi connectivity index (χ3v) is 5.11. The number of halogens is 2. The zero-order valence-corrected chi connectivity index (χ0v) is 13.4. The average molecular weight is 328 g/mol. The number of rotatable bonds is 4. The number of hydrogen-bond donors (Lipinski definition) is 2. The fourth-order valence-corrected chi connectivity index (χ4v) is 3.90. The van der Waals surface area contributed by atoms with Crippen LogP contribution in [0.1, 0.15) is 12.8 Å². The first-order valence-corrected chi connectivity index (χ1v) is 8.22. The normalized spacial score (nSPS) is 29.5. The van der Waals surface area contributed by atoms with Crippen molar-refractivity contribution >= 4 is 17.3 Å². The molecular formula is C16H23ClFN3O. The zero-order valence-electron chi connectivity index (χ0n) is 12.6. The van der Waals surface area contributed by atoms with Gasteiger partial charge in [0.1, 0.15) is 5.82 Å². The third-order valence-electron chi connectivity index (χ3n) is 4.81. The van der Waals surface area contributed by atoms with Gasteiger partial charge in [0.05, 0.1) is 16.3 Å². The standard InChI is InChI=1S/C16H23ClFN3O/c17-14-7-13(18)1-2-15(14)21-5-3-20(4-6-21)11-16(22)8-12(9-16)10-19/h1-2,7,12,22H,3-6,8-11,19H2. The van der Waals surface area contributed by atoms with Crippen molar-refractivity contribution in [1.82, 2.24) is 4.90 Å². The Kier molecular flexibility index (Phi) is 4.59. The lowest BCUT2D eigenvalue weighted by Gasteiger charge is -2.47. The predicted octanol–water partition coefficient (Wildman–Crippen LogP) is 1.70. The quantitative estimate of drug-likeness (QED) is 0.884. The Labute approximate surface area is 135 Å². The Morgan fingerprint density at radius 2 is 1.95 bits per heavy atom. The minimum atomic E-state index is -0.556. The summed E-state index contributed by atoms with van der Waals surface area (Å²) in [4.78, 5) is 4.46. The summed E-state index contributed by atoms with van der Waals surface area (Å²) in [6.07, 6.45) is 1.63. The van der Waals surface area contributed by atoms with Crippen LogP contribution in [0, 0.1) is 11.7 Å². The van der Waals surface area contributed by atoms with E-state index in [1.54, 1.807) is 6.07 Å². The van der Waals surface area contributed by atoms with E-state index in [-0.39, 0.29) is 5.82 Å².